The van der Waals surface area contributed by atoms with Crippen molar-refractivity contribution in [3.63, 3.8) is 0 Å². The van der Waals surface area contributed by atoms with Gasteiger partial charge < -0.3 is 0 Å². The van der Waals surface area contributed by atoms with Gasteiger partial charge in [-0.25, -0.2) is 8.78 Å². The van der Waals surface area contributed by atoms with Gasteiger partial charge in [-0.15, -0.1) is 11.6 Å². The minimum atomic E-state index is -0.573. The molecule has 1 atom stereocenters. The standard InChI is InChI=1S/C14H10ClF2I/c15-13(9-2-1-3-12(18)6-9)7-10-4-5-11(16)8-14(10)17/h1-6,8,13H,7H2. The molecule has 0 aliphatic rings. The summed E-state index contributed by atoms with van der Waals surface area (Å²) >= 11 is 8.46. The molecule has 0 nitrogen and oxygen atoms in total. The largest absolute Gasteiger partial charge is 0.207 e. The van der Waals surface area contributed by atoms with Gasteiger partial charge in [0.05, 0.1) is 5.38 Å². The molecule has 2 aromatic rings. The predicted molar refractivity (Wildman–Crippen MR) is 77.8 cm³/mol. The van der Waals surface area contributed by atoms with E-state index in [0.29, 0.717) is 12.0 Å². The summed E-state index contributed by atoms with van der Waals surface area (Å²) in [5.74, 6) is -1.12. The highest BCUT2D eigenvalue weighted by molar-refractivity contribution is 14.1. The maximum absolute atomic E-state index is 13.5. The minimum Gasteiger partial charge on any atom is -0.207 e. The molecule has 94 valence electrons. The highest BCUT2D eigenvalue weighted by Gasteiger charge is 2.12. The first-order chi connectivity index (χ1) is 8.56. The van der Waals surface area contributed by atoms with Crippen molar-refractivity contribution in [2.45, 2.75) is 11.8 Å². The summed E-state index contributed by atoms with van der Waals surface area (Å²) in [6.45, 7) is 0. The Hall–Kier alpha value is -0.680. The first kappa shape index (κ1) is 13.7. The number of benzene rings is 2. The smallest absolute Gasteiger partial charge is 0.129 e. The monoisotopic (exact) mass is 378 g/mol. The van der Waals surface area contributed by atoms with Crippen LogP contribution in [0.15, 0.2) is 42.5 Å². The van der Waals surface area contributed by atoms with E-state index in [1.807, 2.05) is 24.3 Å². The minimum absolute atomic E-state index is 0.320. The van der Waals surface area contributed by atoms with Gasteiger partial charge in [0.25, 0.3) is 0 Å². The van der Waals surface area contributed by atoms with Gasteiger partial charge in [-0.05, 0) is 58.3 Å². The Morgan fingerprint density at radius 2 is 1.89 bits per heavy atom. The van der Waals surface area contributed by atoms with Crippen LogP contribution in [0.5, 0.6) is 0 Å². The second kappa shape index (κ2) is 5.97. The zero-order chi connectivity index (χ0) is 13.1. The van der Waals surface area contributed by atoms with Gasteiger partial charge in [0.2, 0.25) is 0 Å². The zero-order valence-corrected chi connectivity index (χ0v) is 12.3. The van der Waals surface area contributed by atoms with Crippen molar-refractivity contribution in [2.75, 3.05) is 0 Å². The summed E-state index contributed by atoms with van der Waals surface area (Å²) in [4.78, 5) is 0. The number of halogens is 4. The normalized spacial score (nSPS) is 12.4. The molecule has 4 heteroatoms. The predicted octanol–water partition coefficient (Wildman–Crippen LogP) is 5.09. The van der Waals surface area contributed by atoms with Crippen LogP contribution in [0.4, 0.5) is 8.78 Å². The summed E-state index contributed by atoms with van der Waals surface area (Å²) in [6, 6.07) is 11.3. The molecule has 0 aliphatic carbocycles. The van der Waals surface area contributed by atoms with Gasteiger partial charge in [0.1, 0.15) is 11.6 Å². The molecule has 0 aromatic heterocycles. The van der Waals surface area contributed by atoms with E-state index < -0.39 is 11.6 Å². The second-order valence-corrected chi connectivity index (χ2v) is 5.73. The summed E-state index contributed by atoms with van der Waals surface area (Å²) in [5.41, 5.74) is 1.36. The molecule has 0 heterocycles. The Balaban J connectivity index is 2.18. The second-order valence-electron chi connectivity index (χ2n) is 3.96. The third-order valence-corrected chi connectivity index (χ3v) is 3.70. The molecule has 0 bridgehead atoms. The first-order valence-corrected chi connectivity index (χ1v) is 6.91. The molecule has 0 saturated carbocycles. The van der Waals surface area contributed by atoms with Crippen LogP contribution in [-0.4, -0.2) is 0 Å². The summed E-state index contributed by atoms with van der Waals surface area (Å²) in [7, 11) is 0. The van der Waals surface area contributed by atoms with Crippen molar-refractivity contribution >= 4 is 34.2 Å². The van der Waals surface area contributed by atoms with E-state index in [9.17, 15) is 8.78 Å². The molecule has 0 fully saturated rings. The first-order valence-electron chi connectivity index (χ1n) is 5.40. The zero-order valence-electron chi connectivity index (χ0n) is 9.34. The molecule has 1 unspecified atom stereocenters. The molecule has 18 heavy (non-hydrogen) atoms. The van der Waals surface area contributed by atoms with E-state index in [1.165, 1.54) is 12.1 Å². The van der Waals surface area contributed by atoms with Gasteiger partial charge >= 0.3 is 0 Å². The average Bonchev–Trinajstić information content (AvgIpc) is 2.32. The van der Waals surface area contributed by atoms with Gasteiger partial charge in [0, 0.05) is 9.64 Å². The number of hydrogen-bond acceptors (Lipinski definition) is 0. The van der Waals surface area contributed by atoms with Crippen LogP contribution in [-0.2, 0) is 6.42 Å². The molecule has 2 rings (SSSR count). The maximum atomic E-state index is 13.5. The molecule has 0 radical (unpaired) electrons. The van der Waals surface area contributed by atoms with Gasteiger partial charge in [-0.3, -0.25) is 0 Å². The summed E-state index contributed by atoms with van der Waals surface area (Å²) in [5, 5.41) is -0.320. The van der Waals surface area contributed by atoms with Gasteiger partial charge in [0.15, 0.2) is 0 Å². The van der Waals surface area contributed by atoms with Crippen molar-refractivity contribution in [1.29, 1.82) is 0 Å². The highest BCUT2D eigenvalue weighted by atomic mass is 127. The SMILES string of the molecule is Fc1ccc(CC(Cl)c2cccc(I)c2)c(F)c1. The van der Waals surface area contributed by atoms with E-state index >= 15 is 0 Å². The van der Waals surface area contributed by atoms with Crippen LogP contribution >= 0.6 is 34.2 Å². The molecular formula is C14H10ClF2I. The van der Waals surface area contributed by atoms with Crippen LogP contribution < -0.4 is 0 Å². The van der Waals surface area contributed by atoms with E-state index in [4.69, 9.17) is 11.6 Å². The Kier molecular flexibility index (Phi) is 4.56. The fraction of sp³-hybridized carbons (Fsp3) is 0.143. The molecule has 0 amide bonds. The molecule has 0 aliphatic heterocycles. The lowest BCUT2D eigenvalue weighted by atomic mass is 10.0. The molecule has 0 saturated heterocycles. The quantitative estimate of drug-likeness (QED) is 0.515. The lowest BCUT2D eigenvalue weighted by molar-refractivity contribution is 0.570. The van der Waals surface area contributed by atoms with Crippen LogP contribution in [0.25, 0.3) is 0 Å². The summed E-state index contributed by atoms with van der Waals surface area (Å²) < 4.78 is 27.4. The van der Waals surface area contributed by atoms with Crippen LogP contribution in [0.1, 0.15) is 16.5 Å². The van der Waals surface area contributed by atoms with Crippen LogP contribution in [0, 0.1) is 15.2 Å². The Bertz CT molecular complexity index is 557. The Labute approximate surface area is 123 Å². The van der Waals surface area contributed by atoms with Crippen LogP contribution in [0.3, 0.4) is 0 Å². The Morgan fingerprint density at radius 1 is 1.11 bits per heavy atom. The molecular weight excluding hydrogens is 369 g/mol. The topological polar surface area (TPSA) is 0 Å². The third kappa shape index (κ3) is 3.42. The number of rotatable bonds is 3. The lowest BCUT2D eigenvalue weighted by Crippen LogP contribution is -1.99. The van der Waals surface area contributed by atoms with E-state index in [0.717, 1.165) is 15.2 Å². The lowest BCUT2D eigenvalue weighted by Gasteiger charge is -2.11. The molecule has 0 N–H and O–H groups in total. The van der Waals surface area contributed by atoms with Crippen molar-refractivity contribution in [1.82, 2.24) is 0 Å². The molecule has 2 aromatic carbocycles. The fourth-order valence-corrected chi connectivity index (χ4v) is 2.57. The third-order valence-electron chi connectivity index (χ3n) is 2.62. The van der Waals surface area contributed by atoms with Crippen molar-refractivity contribution in [3.05, 3.63) is 68.8 Å². The summed E-state index contributed by atoms with van der Waals surface area (Å²) in [6.07, 6.45) is 0.341. The van der Waals surface area contributed by atoms with Crippen molar-refractivity contribution in [2.24, 2.45) is 0 Å². The van der Waals surface area contributed by atoms with Gasteiger partial charge in [-0.2, -0.15) is 0 Å². The van der Waals surface area contributed by atoms with E-state index in [2.05, 4.69) is 22.6 Å². The van der Waals surface area contributed by atoms with E-state index in [1.54, 1.807) is 0 Å². The van der Waals surface area contributed by atoms with Crippen LogP contribution in [0.2, 0.25) is 0 Å². The fourth-order valence-electron chi connectivity index (χ4n) is 1.70. The van der Waals surface area contributed by atoms with Crippen molar-refractivity contribution < 1.29 is 8.78 Å². The maximum Gasteiger partial charge on any atom is 0.129 e. The Morgan fingerprint density at radius 3 is 2.56 bits per heavy atom. The van der Waals surface area contributed by atoms with E-state index in [-0.39, 0.29) is 5.38 Å². The number of alkyl halides is 1. The average molecular weight is 379 g/mol. The highest BCUT2D eigenvalue weighted by Crippen LogP contribution is 2.27. The van der Waals surface area contributed by atoms with Gasteiger partial charge in [-0.1, -0.05) is 18.2 Å². The molecule has 0 spiro atoms. The number of hydrogen-bond donors (Lipinski definition) is 0. The van der Waals surface area contributed by atoms with Crippen molar-refractivity contribution in [3.8, 4) is 0 Å².